The van der Waals surface area contributed by atoms with E-state index in [1.807, 2.05) is 60.7 Å². The molecule has 6 heterocycles. The van der Waals surface area contributed by atoms with Crippen LogP contribution in [0.2, 0.25) is 0 Å². The van der Waals surface area contributed by atoms with Crippen molar-refractivity contribution in [2.45, 2.75) is 27.7 Å². The highest BCUT2D eigenvalue weighted by Crippen LogP contribution is 2.55. The normalized spacial score (nSPS) is 12.0. The van der Waals surface area contributed by atoms with E-state index >= 15 is 0 Å². The molecule has 0 N–H and O–H groups in total. The van der Waals surface area contributed by atoms with Crippen molar-refractivity contribution >= 4 is 98.3 Å². The SMILES string of the molecule is Cc1ccc2c(c1)c1ccccc1n2-c1c(-c2nc(-c3ccccc3)nc(-c3ccccc3)n2)c(-c2nc3ccccc3o2)c(-n2c3ccccc3c3cc(C)ccc32)c(-n2c3ccccc3c3cc(C)ccc32)c1-n1c2ccccc2c2cc(C)ccc21. The summed E-state index contributed by atoms with van der Waals surface area (Å²) >= 11 is 0. The maximum absolute atomic E-state index is 7.52. The molecule has 0 aliphatic rings. The number of aromatic nitrogens is 8. The lowest BCUT2D eigenvalue weighted by Crippen LogP contribution is -2.17. The third kappa shape index (κ3) is 7.61. The molecule has 9 nitrogen and oxygen atoms in total. The van der Waals surface area contributed by atoms with Gasteiger partial charge in [0.05, 0.1) is 78.0 Å². The van der Waals surface area contributed by atoms with Crippen LogP contribution in [0.15, 0.2) is 259 Å². The summed E-state index contributed by atoms with van der Waals surface area (Å²) in [6.07, 6.45) is 0. The molecule has 0 amide bonds. The summed E-state index contributed by atoms with van der Waals surface area (Å²) in [5, 5.41) is 8.94. The molecular formula is C80H54N8O. The lowest BCUT2D eigenvalue weighted by molar-refractivity contribution is 0.619. The van der Waals surface area contributed by atoms with Crippen LogP contribution >= 0.6 is 0 Å². The lowest BCUT2D eigenvalue weighted by Gasteiger charge is -2.30. The van der Waals surface area contributed by atoms with E-state index in [2.05, 4.69) is 240 Å². The maximum atomic E-state index is 7.52. The Morgan fingerprint density at radius 2 is 0.573 bits per heavy atom. The number of aryl methyl sites for hydroxylation is 4. The van der Waals surface area contributed by atoms with Crippen molar-refractivity contribution in [2.24, 2.45) is 0 Å². The van der Waals surface area contributed by atoms with Gasteiger partial charge in [0.1, 0.15) is 5.52 Å². The van der Waals surface area contributed by atoms with E-state index in [1.54, 1.807) is 0 Å². The zero-order valence-electron chi connectivity index (χ0n) is 49.2. The van der Waals surface area contributed by atoms with Crippen LogP contribution in [-0.4, -0.2) is 38.2 Å². The van der Waals surface area contributed by atoms with Gasteiger partial charge in [0.25, 0.3) is 0 Å². The fraction of sp³-hybridized carbons (Fsp3) is 0.0500. The summed E-state index contributed by atoms with van der Waals surface area (Å²) in [5.41, 5.74) is 20.6. The first-order chi connectivity index (χ1) is 43.8. The first kappa shape index (κ1) is 50.6. The molecule has 420 valence electrons. The van der Waals surface area contributed by atoms with E-state index in [0.29, 0.717) is 45.6 Å². The Kier molecular flexibility index (Phi) is 11.0. The average molecular weight is 1140 g/mol. The van der Waals surface area contributed by atoms with Crippen LogP contribution in [0.1, 0.15) is 22.3 Å². The molecule has 0 bridgehead atoms. The maximum Gasteiger partial charge on any atom is 0.230 e. The standard InChI is InChI=1S/C80H54N8O/c1-47-35-39-66-57(43-47)53-25-11-16-30-62(53)85(66)73-71(79-83-77(51-21-7-5-8-22-51)82-78(84-79)52-23-9-6-10-24-52)72(80-81-61-29-15-20-34-70(61)89-80)74(86-63-31-17-12-26-54(63)58-44-48(2)36-40-67(58)86)76(88-65-33-19-14-28-56(65)60-46-50(4)38-42-69(60)88)75(73)87-64-32-18-13-27-55(64)59-45-49(3)37-41-68(59)87/h5-46H,1-4H3. The molecule has 0 atom stereocenters. The first-order valence-electron chi connectivity index (χ1n) is 30.3. The van der Waals surface area contributed by atoms with Gasteiger partial charge in [-0.2, -0.15) is 0 Å². The van der Waals surface area contributed by atoms with E-state index < -0.39 is 0 Å². The fourth-order valence-corrected chi connectivity index (χ4v) is 14.2. The Hall–Kier alpha value is -11.7. The van der Waals surface area contributed by atoms with Gasteiger partial charge >= 0.3 is 0 Å². The van der Waals surface area contributed by atoms with Crippen molar-refractivity contribution < 1.29 is 4.42 Å². The van der Waals surface area contributed by atoms with Gasteiger partial charge in [0.15, 0.2) is 23.1 Å². The van der Waals surface area contributed by atoms with Gasteiger partial charge in [-0.25, -0.2) is 19.9 Å². The predicted octanol–water partition coefficient (Wildman–Crippen LogP) is 20.3. The van der Waals surface area contributed by atoms with Crippen molar-refractivity contribution in [1.29, 1.82) is 0 Å². The zero-order valence-corrected chi connectivity index (χ0v) is 49.2. The summed E-state index contributed by atoms with van der Waals surface area (Å²) in [5.74, 6) is 1.87. The van der Waals surface area contributed by atoms with Gasteiger partial charge in [-0.05, 0) is 113 Å². The molecule has 9 heteroatoms. The Morgan fingerprint density at radius 3 is 0.966 bits per heavy atom. The lowest BCUT2D eigenvalue weighted by atomic mass is 9.95. The second-order valence-electron chi connectivity index (χ2n) is 23.7. The van der Waals surface area contributed by atoms with Gasteiger partial charge in [-0.15, -0.1) is 0 Å². The Balaban J connectivity index is 1.23. The highest BCUT2D eigenvalue weighted by Gasteiger charge is 2.38. The van der Waals surface area contributed by atoms with Gasteiger partial charge in [0, 0.05) is 54.2 Å². The summed E-state index contributed by atoms with van der Waals surface area (Å²) < 4.78 is 17.6. The molecule has 0 fully saturated rings. The second-order valence-corrected chi connectivity index (χ2v) is 23.7. The van der Waals surface area contributed by atoms with Crippen LogP contribution in [0.25, 0.3) is 167 Å². The smallest absolute Gasteiger partial charge is 0.230 e. The van der Waals surface area contributed by atoms with Crippen molar-refractivity contribution in [3.63, 3.8) is 0 Å². The molecule has 0 saturated heterocycles. The van der Waals surface area contributed by atoms with Gasteiger partial charge in [-0.3, -0.25) is 0 Å². The minimum Gasteiger partial charge on any atom is -0.436 e. The third-order valence-electron chi connectivity index (χ3n) is 18.0. The number of oxazole rings is 1. The Bertz CT molecular complexity index is 5890. The molecule has 0 unspecified atom stereocenters. The molecule has 0 aliphatic heterocycles. The minimum absolute atomic E-state index is 0.400. The molecule has 89 heavy (non-hydrogen) atoms. The van der Waals surface area contributed by atoms with Crippen LogP contribution in [0, 0.1) is 27.7 Å². The molecule has 18 rings (SSSR count). The van der Waals surface area contributed by atoms with Crippen molar-refractivity contribution in [3.8, 4) is 68.4 Å². The molecule has 0 radical (unpaired) electrons. The van der Waals surface area contributed by atoms with Crippen molar-refractivity contribution in [2.75, 3.05) is 0 Å². The predicted molar refractivity (Wildman–Crippen MR) is 365 cm³/mol. The second kappa shape index (κ2) is 19.4. The third-order valence-corrected chi connectivity index (χ3v) is 18.0. The van der Waals surface area contributed by atoms with Crippen LogP contribution < -0.4 is 0 Å². The molecule has 0 aliphatic carbocycles. The van der Waals surface area contributed by atoms with Crippen LogP contribution in [0.3, 0.4) is 0 Å². The summed E-state index contributed by atoms with van der Waals surface area (Å²) in [6.45, 7) is 8.73. The molecule has 0 saturated carbocycles. The number of para-hydroxylation sites is 6. The first-order valence-corrected chi connectivity index (χ1v) is 30.3. The van der Waals surface area contributed by atoms with E-state index in [9.17, 15) is 0 Å². The number of fused-ring (bicyclic) bond motifs is 13. The fourth-order valence-electron chi connectivity index (χ4n) is 14.2. The highest BCUT2D eigenvalue weighted by atomic mass is 16.3. The van der Waals surface area contributed by atoms with Gasteiger partial charge in [-0.1, -0.05) is 192 Å². The number of hydrogen-bond donors (Lipinski definition) is 0. The van der Waals surface area contributed by atoms with E-state index in [0.717, 1.165) is 138 Å². The zero-order chi connectivity index (χ0) is 59.2. The highest BCUT2D eigenvalue weighted by molar-refractivity contribution is 6.18. The molecule has 0 spiro atoms. The summed E-state index contributed by atoms with van der Waals surface area (Å²) in [4.78, 5) is 22.9. The van der Waals surface area contributed by atoms with Crippen LogP contribution in [-0.2, 0) is 0 Å². The number of benzene rings is 12. The minimum atomic E-state index is 0.400. The molecule has 18 aromatic rings. The number of hydrogen-bond acceptors (Lipinski definition) is 5. The summed E-state index contributed by atoms with van der Waals surface area (Å²) in [7, 11) is 0. The van der Waals surface area contributed by atoms with E-state index in [1.165, 1.54) is 5.56 Å². The van der Waals surface area contributed by atoms with E-state index in [4.69, 9.17) is 24.4 Å². The molecule has 6 aromatic heterocycles. The number of nitrogens with zero attached hydrogens (tertiary/aromatic N) is 8. The van der Waals surface area contributed by atoms with Crippen molar-refractivity contribution in [1.82, 2.24) is 38.2 Å². The van der Waals surface area contributed by atoms with Gasteiger partial charge < -0.3 is 22.7 Å². The van der Waals surface area contributed by atoms with Crippen molar-refractivity contribution in [3.05, 3.63) is 277 Å². The Labute approximate surface area is 511 Å². The Morgan fingerprint density at radius 1 is 0.258 bits per heavy atom. The van der Waals surface area contributed by atoms with Gasteiger partial charge in [0.2, 0.25) is 5.89 Å². The quantitative estimate of drug-likeness (QED) is 0.151. The summed E-state index contributed by atoms with van der Waals surface area (Å²) in [6, 6.07) is 91.6. The van der Waals surface area contributed by atoms with Crippen LogP contribution in [0.5, 0.6) is 0 Å². The topological polar surface area (TPSA) is 84.4 Å². The largest absolute Gasteiger partial charge is 0.436 e. The van der Waals surface area contributed by atoms with Crippen LogP contribution in [0.4, 0.5) is 0 Å². The molecule has 12 aromatic carbocycles. The molecular weight excluding hydrogens is 1090 g/mol. The number of rotatable bonds is 8. The monoisotopic (exact) mass is 1140 g/mol. The van der Waals surface area contributed by atoms with E-state index in [-0.39, 0.29) is 0 Å². The average Bonchev–Trinajstić information content (AvgIpc) is 1.62.